The van der Waals surface area contributed by atoms with E-state index < -0.39 is 10.1 Å². The van der Waals surface area contributed by atoms with Gasteiger partial charge in [0.05, 0.1) is 4.90 Å². The van der Waals surface area contributed by atoms with Gasteiger partial charge in [0.1, 0.15) is 0 Å². The van der Waals surface area contributed by atoms with Crippen molar-refractivity contribution < 1.29 is 29.4 Å². The Morgan fingerprint density at radius 1 is 1.07 bits per heavy atom. The van der Waals surface area contributed by atoms with E-state index in [1.165, 1.54) is 6.07 Å². The van der Waals surface area contributed by atoms with Crippen LogP contribution in [0.15, 0.2) is 23.1 Å². The lowest BCUT2D eigenvalue weighted by molar-refractivity contribution is 0.482. The molecule has 0 fully saturated rings. The highest BCUT2D eigenvalue weighted by atomic mass is 32.2. The van der Waals surface area contributed by atoms with Crippen LogP contribution in [-0.4, -0.2) is 29.4 Å². The molecule has 0 amide bonds. The molecule has 1 aromatic carbocycles. The average Bonchev–Trinajstić information content (AvgIpc) is 1.92. The third kappa shape index (κ3) is 4.36. The quantitative estimate of drug-likeness (QED) is 0.632. The van der Waals surface area contributed by atoms with Gasteiger partial charge in [0.15, 0.2) is 0 Å². The minimum absolute atomic E-state index is 0. The maximum Gasteiger partial charge on any atom is 0.294 e. The van der Waals surface area contributed by atoms with E-state index in [2.05, 4.69) is 0 Å². The highest BCUT2D eigenvalue weighted by Gasteiger charge is 2.12. The molecule has 0 unspecified atom stereocenters. The Morgan fingerprint density at radius 2 is 1.53 bits per heavy atom. The van der Waals surface area contributed by atoms with Crippen molar-refractivity contribution in [3.05, 3.63) is 29.3 Å². The summed E-state index contributed by atoms with van der Waals surface area (Å²) in [5, 5.41) is 0. The van der Waals surface area contributed by atoms with Crippen molar-refractivity contribution in [2.45, 2.75) is 18.7 Å². The van der Waals surface area contributed by atoms with Crippen molar-refractivity contribution in [1.82, 2.24) is 0 Å². The maximum absolute atomic E-state index is 10.8. The Kier molecular flexibility index (Phi) is 8.46. The van der Waals surface area contributed by atoms with Crippen LogP contribution in [0.3, 0.4) is 0 Å². The van der Waals surface area contributed by atoms with Crippen LogP contribution in [0.25, 0.3) is 0 Å². The summed E-state index contributed by atoms with van der Waals surface area (Å²) in [7, 11) is -4.06. The summed E-state index contributed by atoms with van der Waals surface area (Å²) in [5.41, 5.74) is 1.45. The highest BCUT2D eigenvalue weighted by Crippen LogP contribution is 2.17. The fourth-order valence-corrected chi connectivity index (χ4v) is 1.80. The summed E-state index contributed by atoms with van der Waals surface area (Å²) < 4.78 is 30.3. The second kappa shape index (κ2) is 6.49. The fourth-order valence-electron chi connectivity index (χ4n) is 1.00. The van der Waals surface area contributed by atoms with Crippen molar-refractivity contribution in [2.24, 2.45) is 0 Å². The molecule has 6 nitrogen and oxygen atoms in total. The molecular formula is C8H16O6S. The summed E-state index contributed by atoms with van der Waals surface area (Å²) in [6, 6.07) is 4.78. The van der Waals surface area contributed by atoms with Gasteiger partial charge in [-0.3, -0.25) is 4.55 Å². The molecule has 0 spiro atoms. The van der Waals surface area contributed by atoms with Crippen molar-refractivity contribution >= 4 is 10.1 Å². The summed E-state index contributed by atoms with van der Waals surface area (Å²) >= 11 is 0. The van der Waals surface area contributed by atoms with Crippen LogP contribution in [0, 0.1) is 13.8 Å². The van der Waals surface area contributed by atoms with E-state index in [-0.39, 0.29) is 21.3 Å². The zero-order chi connectivity index (χ0) is 9.35. The lowest BCUT2D eigenvalue weighted by Crippen LogP contribution is -2.01. The zero-order valence-corrected chi connectivity index (χ0v) is 9.22. The third-order valence-electron chi connectivity index (χ3n) is 1.83. The molecule has 1 aromatic rings. The predicted molar refractivity (Wildman–Crippen MR) is 56.6 cm³/mol. The van der Waals surface area contributed by atoms with Crippen LogP contribution in [0.5, 0.6) is 0 Å². The molecule has 0 saturated heterocycles. The van der Waals surface area contributed by atoms with E-state index >= 15 is 0 Å². The van der Waals surface area contributed by atoms with Gasteiger partial charge in [-0.15, -0.1) is 0 Å². The molecule has 7 heteroatoms. The van der Waals surface area contributed by atoms with Crippen molar-refractivity contribution in [2.75, 3.05) is 0 Å². The van der Waals surface area contributed by atoms with Gasteiger partial charge in [0, 0.05) is 0 Å². The van der Waals surface area contributed by atoms with E-state index in [9.17, 15) is 8.42 Å². The normalized spacial score (nSPS) is 9.27. The first-order valence-corrected chi connectivity index (χ1v) is 4.90. The molecule has 0 saturated carbocycles. The van der Waals surface area contributed by atoms with Crippen molar-refractivity contribution in [1.29, 1.82) is 0 Å². The standard InChI is InChI=1S/C8H10O3S.3H2O/c1-6-4-3-5-8(7(6)2)12(9,10)11;;;/h3-5H,1-2H3,(H,9,10,11);3*1H2. The minimum atomic E-state index is -4.06. The van der Waals surface area contributed by atoms with Gasteiger partial charge in [-0.05, 0) is 31.0 Å². The maximum atomic E-state index is 10.8. The number of hydrogen-bond acceptors (Lipinski definition) is 2. The summed E-state index contributed by atoms with van der Waals surface area (Å²) in [6.45, 7) is 3.46. The van der Waals surface area contributed by atoms with E-state index in [1.807, 2.05) is 0 Å². The molecule has 90 valence electrons. The van der Waals surface area contributed by atoms with Gasteiger partial charge in [0.25, 0.3) is 10.1 Å². The van der Waals surface area contributed by atoms with Gasteiger partial charge in [-0.1, -0.05) is 12.1 Å². The Balaban J connectivity index is -0.000000480. The van der Waals surface area contributed by atoms with E-state index in [4.69, 9.17) is 4.55 Å². The molecular weight excluding hydrogens is 224 g/mol. The Bertz CT molecular complexity index is 398. The van der Waals surface area contributed by atoms with Crippen LogP contribution in [-0.2, 0) is 10.1 Å². The summed E-state index contributed by atoms with van der Waals surface area (Å²) in [6.07, 6.45) is 0. The molecule has 15 heavy (non-hydrogen) atoms. The number of hydrogen-bond donors (Lipinski definition) is 1. The molecule has 0 heterocycles. The first-order valence-electron chi connectivity index (χ1n) is 3.46. The van der Waals surface area contributed by atoms with Crippen LogP contribution < -0.4 is 0 Å². The van der Waals surface area contributed by atoms with E-state index in [0.717, 1.165) is 5.56 Å². The Morgan fingerprint density at radius 3 is 1.87 bits per heavy atom. The smallest absolute Gasteiger partial charge is 0.294 e. The second-order valence-electron chi connectivity index (χ2n) is 2.67. The van der Waals surface area contributed by atoms with Crippen LogP contribution in [0.4, 0.5) is 0 Å². The molecule has 1 rings (SSSR count). The monoisotopic (exact) mass is 240 g/mol. The number of aryl methyl sites for hydroxylation is 1. The molecule has 0 bridgehead atoms. The number of rotatable bonds is 1. The fraction of sp³-hybridized carbons (Fsp3) is 0.250. The molecule has 0 radical (unpaired) electrons. The highest BCUT2D eigenvalue weighted by molar-refractivity contribution is 7.85. The first-order chi connectivity index (χ1) is 5.43. The molecule has 0 aliphatic carbocycles. The molecule has 0 atom stereocenters. The SMILES string of the molecule is Cc1cccc(S(=O)(=O)O)c1C.O.O.O. The van der Waals surface area contributed by atoms with E-state index in [0.29, 0.717) is 5.56 Å². The minimum Gasteiger partial charge on any atom is -0.412 e. The summed E-state index contributed by atoms with van der Waals surface area (Å²) in [5.74, 6) is 0. The second-order valence-corrected chi connectivity index (χ2v) is 4.06. The number of benzene rings is 1. The molecule has 0 aliphatic rings. The molecule has 7 N–H and O–H groups in total. The van der Waals surface area contributed by atoms with Crippen molar-refractivity contribution in [3.8, 4) is 0 Å². The lowest BCUT2D eigenvalue weighted by atomic mass is 10.1. The van der Waals surface area contributed by atoms with E-state index in [1.54, 1.807) is 26.0 Å². The van der Waals surface area contributed by atoms with Crippen LogP contribution in [0.1, 0.15) is 11.1 Å². The largest absolute Gasteiger partial charge is 0.412 e. The average molecular weight is 240 g/mol. The molecule has 0 aliphatic heterocycles. The predicted octanol–water partition coefficient (Wildman–Crippen LogP) is -0.924. The Hall–Kier alpha value is -0.990. The topological polar surface area (TPSA) is 149 Å². The third-order valence-corrected chi connectivity index (χ3v) is 2.83. The molecule has 0 aromatic heterocycles. The Labute approximate surface area is 88.2 Å². The van der Waals surface area contributed by atoms with Gasteiger partial charge >= 0.3 is 0 Å². The van der Waals surface area contributed by atoms with Gasteiger partial charge in [-0.2, -0.15) is 8.42 Å². The van der Waals surface area contributed by atoms with Gasteiger partial charge in [0.2, 0.25) is 0 Å². The van der Waals surface area contributed by atoms with Crippen LogP contribution in [0.2, 0.25) is 0 Å². The van der Waals surface area contributed by atoms with Gasteiger partial charge in [-0.25, -0.2) is 0 Å². The lowest BCUT2D eigenvalue weighted by Gasteiger charge is -2.03. The van der Waals surface area contributed by atoms with Crippen LogP contribution >= 0.6 is 0 Å². The van der Waals surface area contributed by atoms with Crippen molar-refractivity contribution in [3.63, 3.8) is 0 Å². The first kappa shape index (κ1) is 19.6. The summed E-state index contributed by atoms with van der Waals surface area (Å²) in [4.78, 5) is -0.0116. The van der Waals surface area contributed by atoms with Gasteiger partial charge < -0.3 is 16.4 Å². The zero-order valence-electron chi connectivity index (χ0n) is 8.40.